The molecule has 0 aromatic heterocycles. The molecular formula is C9H13ClFNO. The molecule has 0 bridgehead atoms. The second-order valence-corrected chi connectivity index (χ2v) is 2.72. The maximum atomic E-state index is 12.4. The van der Waals surface area contributed by atoms with Crippen LogP contribution in [0, 0.1) is 5.82 Å². The topological polar surface area (TPSA) is 46.2 Å². The van der Waals surface area contributed by atoms with Gasteiger partial charge in [-0.05, 0) is 24.1 Å². The van der Waals surface area contributed by atoms with Crippen LogP contribution in [0.4, 0.5) is 4.39 Å². The third-order valence-electron chi connectivity index (χ3n) is 1.66. The second kappa shape index (κ2) is 5.91. The molecule has 1 rings (SSSR count). The predicted molar refractivity (Wildman–Crippen MR) is 52.4 cm³/mol. The first-order chi connectivity index (χ1) is 5.72. The number of halogens is 2. The average Bonchev–Trinajstić information content (AvgIpc) is 2.09. The zero-order chi connectivity index (χ0) is 8.97. The fourth-order valence-electron chi connectivity index (χ4n) is 0.976. The molecule has 1 aromatic carbocycles. The lowest BCUT2D eigenvalue weighted by Gasteiger charge is -2.06. The Kier molecular flexibility index (Phi) is 5.62. The summed E-state index contributed by atoms with van der Waals surface area (Å²) in [5, 5.41) is 9.16. The van der Waals surface area contributed by atoms with Gasteiger partial charge in [-0.3, -0.25) is 0 Å². The summed E-state index contributed by atoms with van der Waals surface area (Å²) in [4.78, 5) is 0. The minimum Gasteiger partial charge on any atom is -0.391 e. The van der Waals surface area contributed by atoms with E-state index in [-0.39, 0.29) is 24.8 Å². The van der Waals surface area contributed by atoms with Gasteiger partial charge in [0.1, 0.15) is 5.82 Å². The van der Waals surface area contributed by atoms with Crippen molar-refractivity contribution in [2.45, 2.75) is 12.5 Å². The van der Waals surface area contributed by atoms with E-state index in [1.807, 2.05) is 0 Å². The molecule has 3 N–H and O–H groups in total. The normalized spacial score (nSPS) is 11.9. The van der Waals surface area contributed by atoms with Crippen LogP contribution in [0.1, 0.15) is 5.56 Å². The van der Waals surface area contributed by atoms with Crippen LogP contribution in [0.2, 0.25) is 0 Å². The number of benzene rings is 1. The van der Waals surface area contributed by atoms with Crippen LogP contribution in [-0.4, -0.2) is 17.8 Å². The summed E-state index contributed by atoms with van der Waals surface area (Å²) >= 11 is 0. The molecule has 0 heterocycles. The van der Waals surface area contributed by atoms with Crippen molar-refractivity contribution in [3.63, 3.8) is 0 Å². The van der Waals surface area contributed by atoms with Crippen LogP contribution < -0.4 is 5.73 Å². The largest absolute Gasteiger partial charge is 0.391 e. The van der Waals surface area contributed by atoms with Gasteiger partial charge < -0.3 is 10.8 Å². The van der Waals surface area contributed by atoms with Gasteiger partial charge in [0.15, 0.2) is 0 Å². The van der Waals surface area contributed by atoms with Crippen LogP contribution >= 0.6 is 12.4 Å². The van der Waals surface area contributed by atoms with E-state index in [0.29, 0.717) is 6.42 Å². The van der Waals surface area contributed by atoms with Gasteiger partial charge in [0, 0.05) is 6.54 Å². The average molecular weight is 206 g/mol. The molecule has 1 unspecified atom stereocenters. The molecule has 0 spiro atoms. The lowest BCUT2D eigenvalue weighted by Crippen LogP contribution is -2.21. The Bertz CT molecular complexity index is 240. The maximum absolute atomic E-state index is 12.4. The minimum absolute atomic E-state index is 0. The first-order valence-electron chi connectivity index (χ1n) is 3.85. The molecule has 74 valence electrons. The highest BCUT2D eigenvalue weighted by Crippen LogP contribution is 2.04. The van der Waals surface area contributed by atoms with Crippen molar-refractivity contribution in [1.82, 2.24) is 0 Å². The van der Waals surface area contributed by atoms with Gasteiger partial charge in [-0.1, -0.05) is 12.1 Å². The molecule has 0 saturated carbocycles. The van der Waals surface area contributed by atoms with E-state index in [4.69, 9.17) is 10.8 Å². The maximum Gasteiger partial charge on any atom is 0.123 e. The van der Waals surface area contributed by atoms with Gasteiger partial charge in [0.05, 0.1) is 6.10 Å². The summed E-state index contributed by atoms with van der Waals surface area (Å²) in [6.45, 7) is 0.234. The van der Waals surface area contributed by atoms with Crippen molar-refractivity contribution < 1.29 is 9.50 Å². The Hall–Kier alpha value is -0.640. The molecule has 4 heteroatoms. The number of hydrogen-bond acceptors (Lipinski definition) is 2. The van der Waals surface area contributed by atoms with Gasteiger partial charge in [-0.2, -0.15) is 0 Å². The summed E-state index contributed by atoms with van der Waals surface area (Å²) in [5.41, 5.74) is 6.12. The van der Waals surface area contributed by atoms with Crippen molar-refractivity contribution in [3.8, 4) is 0 Å². The Balaban J connectivity index is 0.00000144. The predicted octanol–water partition coefficient (Wildman–Crippen LogP) is 1.11. The van der Waals surface area contributed by atoms with E-state index in [1.54, 1.807) is 12.1 Å². The fourth-order valence-corrected chi connectivity index (χ4v) is 0.976. The smallest absolute Gasteiger partial charge is 0.123 e. The highest BCUT2D eigenvalue weighted by molar-refractivity contribution is 5.85. The molecular weight excluding hydrogens is 193 g/mol. The fraction of sp³-hybridized carbons (Fsp3) is 0.333. The molecule has 0 aliphatic heterocycles. The quantitative estimate of drug-likeness (QED) is 0.777. The monoisotopic (exact) mass is 205 g/mol. The number of hydrogen-bond donors (Lipinski definition) is 2. The highest BCUT2D eigenvalue weighted by atomic mass is 35.5. The standard InChI is InChI=1S/C9H12FNO.ClH/c10-8-3-1-7(2-4-8)5-9(12)6-11;/h1-4,9,12H,5-6,11H2;1H. The van der Waals surface area contributed by atoms with E-state index in [1.165, 1.54) is 12.1 Å². The van der Waals surface area contributed by atoms with Gasteiger partial charge in [0.2, 0.25) is 0 Å². The molecule has 0 saturated heterocycles. The minimum atomic E-state index is -0.532. The van der Waals surface area contributed by atoms with Crippen molar-refractivity contribution in [2.75, 3.05) is 6.54 Å². The van der Waals surface area contributed by atoms with Crippen LogP contribution in [0.25, 0.3) is 0 Å². The van der Waals surface area contributed by atoms with E-state index < -0.39 is 6.10 Å². The molecule has 0 aliphatic carbocycles. The summed E-state index contributed by atoms with van der Waals surface area (Å²) in [6.07, 6.45) is -0.0491. The highest BCUT2D eigenvalue weighted by Gasteiger charge is 2.02. The van der Waals surface area contributed by atoms with Crippen LogP contribution in [0.5, 0.6) is 0 Å². The Labute approximate surface area is 83.0 Å². The molecule has 0 aliphatic rings. The summed E-state index contributed by atoms with van der Waals surface area (Å²) in [7, 11) is 0. The lowest BCUT2D eigenvalue weighted by atomic mass is 10.1. The molecule has 13 heavy (non-hydrogen) atoms. The molecule has 0 amide bonds. The Morgan fingerprint density at radius 1 is 1.31 bits per heavy atom. The van der Waals surface area contributed by atoms with Gasteiger partial charge in [-0.25, -0.2) is 4.39 Å². The summed E-state index contributed by atoms with van der Waals surface area (Å²) in [5.74, 6) is -0.263. The molecule has 1 aromatic rings. The van der Waals surface area contributed by atoms with Gasteiger partial charge in [0.25, 0.3) is 0 Å². The Morgan fingerprint density at radius 3 is 2.31 bits per heavy atom. The number of nitrogens with two attached hydrogens (primary N) is 1. The number of rotatable bonds is 3. The number of aliphatic hydroxyl groups is 1. The lowest BCUT2D eigenvalue weighted by molar-refractivity contribution is 0.183. The summed E-state index contributed by atoms with van der Waals surface area (Å²) < 4.78 is 12.4. The third kappa shape index (κ3) is 4.22. The van der Waals surface area contributed by atoms with E-state index in [2.05, 4.69) is 0 Å². The van der Waals surface area contributed by atoms with E-state index in [0.717, 1.165) is 5.56 Å². The van der Waals surface area contributed by atoms with Crippen molar-refractivity contribution in [3.05, 3.63) is 35.6 Å². The van der Waals surface area contributed by atoms with E-state index in [9.17, 15) is 4.39 Å². The van der Waals surface area contributed by atoms with Crippen LogP contribution in [0.15, 0.2) is 24.3 Å². The second-order valence-electron chi connectivity index (χ2n) is 2.72. The SMILES string of the molecule is Cl.NCC(O)Cc1ccc(F)cc1. The summed E-state index contributed by atoms with van der Waals surface area (Å²) in [6, 6.07) is 6.04. The van der Waals surface area contributed by atoms with Crippen molar-refractivity contribution in [1.29, 1.82) is 0 Å². The molecule has 1 atom stereocenters. The van der Waals surface area contributed by atoms with Gasteiger partial charge in [-0.15, -0.1) is 12.4 Å². The van der Waals surface area contributed by atoms with Crippen LogP contribution in [-0.2, 0) is 6.42 Å². The van der Waals surface area contributed by atoms with Crippen molar-refractivity contribution >= 4 is 12.4 Å². The molecule has 0 fully saturated rings. The third-order valence-corrected chi connectivity index (χ3v) is 1.66. The molecule has 0 radical (unpaired) electrons. The first kappa shape index (κ1) is 12.4. The number of aliphatic hydroxyl groups excluding tert-OH is 1. The zero-order valence-corrected chi connectivity index (χ0v) is 7.93. The van der Waals surface area contributed by atoms with Crippen molar-refractivity contribution in [2.24, 2.45) is 5.73 Å². The zero-order valence-electron chi connectivity index (χ0n) is 7.11. The first-order valence-corrected chi connectivity index (χ1v) is 3.85. The van der Waals surface area contributed by atoms with Gasteiger partial charge >= 0.3 is 0 Å². The van der Waals surface area contributed by atoms with Crippen LogP contribution in [0.3, 0.4) is 0 Å². The van der Waals surface area contributed by atoms with E-state index >= 15 is 0 Å². The Morgan fingerprint density at radius 2 is 1.85 bits per heavy atom. The molecule has 2 nitrogen and oxygen atoms in total.